The molecule has 1 aliphatic heterocycles. The van der Waals surface area contributed by atoms with Crippen LogP contribution in [0.1, 0.15) is 57.1 Å². The Morgan fingerprint density at radius 1 is 1.00 bits per heavy atom. The van der Waals surface area contributed by atoms with Crippen LogP contribution in [0.4, 0.5) is 0 Å². The summed E-state index contributed by atoms with van der Waals surface area (Å²) in [5.74, 6) is 1.80. The highest BCUT2D eigenvalue weighted by atomic mass is 16.5. The molecule has 0 fully saturated rings. The van der Waals surface area contributed by atoms with E-state index in [1.165, 1.54) is 37.7 Å². The molecule has 1 unspecified atom stereocenters. The molecular weight excluding hydrogens is 286 g/mol. The Morgan fingerprint density at radius 3 is 2.39 bits per heavy atom. The van der Waals surface area contributed by atoms with E-state index in [-0.39, 0.29) is 6.04 Å². The molecule has 1 aliphatic rings. The summed E-state index contributed by atoms with van der Waals surface area (Å²) in [5, 5.41) is 3.32. The number of methoxy groups -OCH3 is 1. The highest BCUT2D eigenvalue weighted by molar-refractivity contribution is 5.33. The van der Waals surface area contributed by atoms with Gasteiger partial charge in [-0.3, -0.25) is 0 Å². The number of hydrogen-bond acceptors (Lipinski definition) is 3. The third-order valence-electron chi connectivity index (χ3n) is 4.10. The zero-order chi connectivity index (χ0) is 16.3. The SMILES string of the molecule is CCCCCCCCOc1ccc(C2C=CC(OC)=CN2)cc1. The highest BCUT2D eigenvalue weighted by Gasteiger charge is 2.10. The number of benzene rings is 1. The van der Waals surface area contributed by atoms with E-state index in [1.807, 2.05) is 12.3 Å². The third-order valence-corrected chi connectivity index (χ3v) is 4.10. The van der Waals surface area contributed by atoms with Gasteiger partial charge >= 0.3 is 0 Å². The Balaban J connectivity index is 1.69. The number of unbranched alkanes of at least 4 members (excludes halogenated alkanes) is 5. The van der Waals surface area contributed by atoms with E-state index in [1.54, 1.807) is 7.11 Å². The van der Waals surface area contributed by atoms with E-state index in [9.17, 15) is 0 Å². The van der Waals surface area contributed by atoms with Gasteiger partial charge in [0.25, 0.3) is 0 Å². The summed E-state index contributed by atoms with van der Waals surface area (Å²) in [6.45, 7) is 3.06. The maximum atomic E-state index is 5.82. The van der Waals surface area contributed by atoms with Gasteiger partial charge in [-0.05, 0) is 30.2 Å². The fourth-order valence-corrected chi connectivity index (χ4v) is 2.64. The maximum Gasteiger partial charge on any atom is 0.134 e. The number of rotatable bonds is 10. The maximum absolute atomic E-state index is 5.82. The van der Waals surface area contributed by atoms with Crippen molar-refractivity contribution >= 4 is 0 Å². The molecule has 0 bridgehead atoms. The lowest BCUT2D eigenvalue weighted by Gasteiger charge is -2.18. The van der Waals surface area contributed by atoms with Crippen LogP contribution in [0.2, 0.25) is 0 Å². The van der Waals surface area contributed by atoms with Crippen LogP contribution in [0.25, 0.3) is 0 Å². The van der Waals surface area contributed by atoms with Crippen molar-refractivity contribution in [1.29, 1.82) is 0 Å². The number of ether oxygens (including phenoxy) is 2. The van der Waals surface area contributed by atoms with Crippen molar-refractivity contribution in [3.05, 3.63) is 53.9 Å². The molecule has 2 rings (SSSR count). The van der Waals surface area contributed by atoms with E-state index < -0.39 is 0 Å². The fraction of sp³-hybridized carbons (Fsp3) is 0.500. The molecule has 0 aromatic heterocycles. The Morgan fingerprint density at radius 2 is 1.74 bits per heavy atom. The topological polar surface area (TPSA) is 30.5 Å². The summed E-state index contributed by atoms with van der Waals surface area (Å²) < 4.78 is 11.0. The molecule has 1 aromatic carbocycles. The number of nitrogens with one attached hydrogen (secondary N) is 1. The molecule has 1 aromatic rings. The first-order chi connectivity index (χ1) is 11.3. The Kier molecular flexibility index (Phi) is 7.58. The van der Waals surface area contributed by atoms with Gasteiger partial charge in [-0.15, -0.1) is 0 Å². The van der Waals surface area contributed by atoms with Gasteiger partial charge in [-0.25, -0.2) is 0 Å². The predicted octanol–water partition coefficient (Wildman–Crippen LogP) is 5.11. The number of hydrogen-bond donors (Lipinski definition) is 1. The van der Waals surface area contributed by atoms with Gasteiger partial charge in [0.1, 0.15) is 11.5 Å². The molecule has 1 atom stereocenters. The van der Waals surface area contributed by atoms with E-state index in [4.69, 9.17) is 9.47 Å². The van der Waals surface area contributed by atoms with Crippen molar-refractivity contribution in [3.63, 3.8) is 0 Å². The summed E-state index contributed by atoms with van der Waals surface area (Å²) in [6.07, 6.45) is 13.7. The molecule has 1 heterocycles. The molecule has 0 aliphatic carbocycles. The molecule has 0 radical (unpaired) electrons. The van der Waals surface area contributed by atoms with Crippen LogP contribution in [-0.2, 0) is 4.74 Å². The Hall–Kier alpha value is -1.90. The molecule has 0 saturated carbocycles. The Bertz CT molecular complexity index is 505. The molecule has 126 valence electrons. The van der Waals surface area contributed by atoms with Gasteiger partial charge in [-0.2, -0.15) is 0 Å². The van der Waals surface area contributed by atoms with E-state index in [0.29, 0.717) is 0 Å². The monoisotopic (exact) mass is 315 g/mol. The second kappa shape index (κ2) is 9.98. The van der Waals surface area contributed by atoms with Gasteiger partial charge in [-0.1, -0.05) is 57.2 Å². The van der Waals surface area contributed by atoms with Crippen molar-refractivity contribution < 1.29 is 9.47 Å². The normalized spacial score (nSPS) is 16.6. The van der Waals surface area contributed by atoms with Gasteiger partial charge in [0.15, 0.2) is 0 Å². The van der Waals surface area contributed by atoms with Crippen molar-refractivity contribution in [3.8, 4) is 5.75 Å². The van der Waals surface area contributed by atoms with Crippen molar-refractivity contribution in [2.45, 2.75) is 51.5 Å². The van der Waals surface area contributed by atoms with Crippen LogP contribution in [0.5, 0.6) is 5.75 Å². The third kappa shape index (κ3) is 6.01. The minimum Gasteiger partial charge on any atom is -0.495 e. The molecule has 0 spiro atoms. The molecule has 3 heteroatoms. The van der Waals surface area contributed by atoms with Crippen LogP contribution >= 0.6 is 0 Å². The number of allylic oxidation sites excluding steroid dienone is 1. The van der Waals surface area contributed by atoms with Gasteiger partial charge < -0.3 is 14.8 Å². The minimum atomic E-state index is 0.196. The minimum absolute atomic E-state index is 0.196. The first kappa shape index (κ1) is 17.5. The van der Waals surface area contributed by atoms with Crippen LogP contribution in [0, 0.1) is 0 Å². The lowest BCUT2D eigenvalue weighted by molar-refractivity contribution is 0.300. The largest absolute Gasteiger partial charge is 0.495 e. The summed E-state index contributed by atoms with van der Waals surface area (Å²) in [7, 11) is 1.67. The van der Waals surface area contributed by atoms with Crippen molar-refractivity contribution in [1.82, 2.24) is 5.32 Å². The fourth-order valence-electron chi connectivity index (χ4n) is 2.64. The molecule has 0 saturated heterocycles. The second-order valence-electron chi connectivity index (χ2n) is 5.94. The zero-order valence-corrected chi connectivity index (χ0v) is 14.4. The highest BCUT2D eigenvalue weighted by Crippen LogP contribution is 2.22. The summed E-state index contributed by atoms with van der Waals surface area (Å²) >= 11 is 0. The quantitative estimate of drug-likeness (QED) is 0.608. The smallest absolute Gasteiger partial charge is 0.134 e. The second-order valence-corrected chi connectivity index (χ2v) is 5.94. The molecular formula is C20H29NO2. The lowest BCUT2D eigenvalue weighted by Crippen LogP contribution is -2.17. The van der Waals surface area contributed by atoms with E-state index in [2.05, 4.69) is 42.6 Å². The molecule has 0 amide bonds. The van der Waals surface area contributed by atoms with Crippen LogP contribution in [-0.4, -0.2) is 13.7 Å². The summed E-state index contributed by atoms with van der Waals surface area (Å²) in [5.41, 5.74) is 1.22. The van der Waals surface area contributed by atoms with E-state index in [0.717, 1.165) is 24.5 Å². The molecule has 1 N–H and O–H groups in total. The van der Waals surface area contributed by atoms with Crippen LogP contribution in [0.15, 0.2) is 48.4 Å². The summed E-state index contributed by atoms with van der Waals surface area (Å²) in [4.78, 5) is 0. The average Bonchev–Trinajstić information content (AvgIpc) is 2.61. The van der Waals surface area contributed by atoms with Crippen molar-refractivity contribution in [2.24, 2.45) is 0 Å². The van der Waals surface area contributed by atoms with Crippen LogP contribution in [0.3, 0.4) is 0 Å². The average molecular weight is 315 g/mol. The predicted molar refractivity (Wildman–Crippen MR) is 95.4 cm³/mol. The standard InChI is InChI=1S/C20H29NO2/c1-3-4-5-6-7-8-15-23-18-11-9-17(10-12-18)20-14-13-19(22-2)16-21-20/h9-14,16,20-21H,3-8,15H2,1-2H3. The van der Waals surface area contributed by atoms with Gasteiger partial charge in [0.2, 0.25) is 0 Å². The first-order valence-electron chi connectivity index (χ1n) is 8.74. The zero-order valence-electron chi connectivity index (χ0n) is 14.4. The van der Waals surface area contributed by atoms with Gasteiger partial charge in [0.05, 0.1) is 19.8 Å². The number of dihydropyridines is 1. The molecule has 3 nitrogen and oxygen atoms in total. The first-order valence-corrected chi connectivity index (χ1v) is 8.74. The Labute approximate surface area is 140 Å². The molecule has 23 heavy (non-hydrogen) atoms. The van der Waals surface area contributed by atoms with Crippen molar-refractivity contribution in [2.75, 3.05) is 13.7 Å². The van der Waals surface area contributed by atoms with Crippen LogP contribution < -0.4 is 10.1 Å². The van der Waals surface area contributed by atoms with E-state index >= 15 is 0 Å². The lowest BCUT2D eigenvalue weighted by atomic mass is 10.0. The van der Waals surface area contributed by atoms with Gasteiger partial charge in [0, 0.05) is 6.20 Å². The summed E-state index contributed by atoms with van der Waals surface area (Å²) in [6, 6.07) is 8.53.